The Bertz CT molecular complexity index is 1540. The average molecular weight is 563 g/mol. The van der Waals surface area contributed by atoms with E-state index in [4.69, 9.17) is 11.6 Å². The zero-order chi connectivity index (χ0) is 27.7. The van der Waals surface area contributed by atoms with E-state index in [0.29, 0.717) is 23.0 Å². The van der Waals surface area contributed by atoms with Gasteiger partial charge in [0, 0.05) is 23.3 Å². The van der Waals surface area contributed by atoms with Crippen LogP contribution in [0.15, 0.2) is 53.7 Å². The molecule has 0 radical (unpaired) electrons. The van der Waals surface area contributed by atoms with Crippen LogP contribution in [0.3, 0.4) is 0 Å². The molecule has 3 aromatic heterocycles. The number of alkyl halides is 3. The van der Waals surface area contributed by atoms with Gasteiger partial charge in [0.25, 0.3) is 5.91 Å². The van der Waals surface area contributed by atoms with Crippen LogP contribution in [0.5, 0.6) is 0 Å². The SMILES string of the molecule is O=C(NCC1CC1)c1cccnc1-n1cnc(Cn2nc(-c3ccc(Cl)cc3)n(CC(O)C(F)(F)F)c2=O)n1. The first kappa shape index (κ1) is 26.6. The molecule has 0 bridgehead atoms. The number of nitrogens with one attached hydrogen (secondary N) is 1. The Labute approximate surface area is 223 Å². The summed E-state index contributed by atoms with van der Waals surface area (Å²) in [6.07, 6.45) is -2.77. The molecule has 1 unspecified atom stereocenters. The second-order valence-electron chi connectivity index (χ2n) is 9.07. The number of carbonyl (C=O) groups is 1. The minimum Gasteiger partial charge on any atom is -0.382 e. The Hall–Kier alpha value is -4.04. The van der Waals surface area contributed by atoms with E-state index < -0.39 is 24.5 Å². The van der Waals surface area contributed by atoms with E-state index in [1.165, 1.54) is 41.5 Å². The number of rotatable bonds is 9. The van der Waals surface area contributed by atoms with Gasteiger partial charge in [-0.3, -0.25) is 9.36 Å². The summed E-state index contributed by atoms with van der Waals surface area (Å²) in [5.74, 6) is 0.389. The molecule has 1 aliphatic rings. The van der Waals surface area contributed by atoms with Crippen molar-refractivity contribution < 1.29 is 23.1 Å². The molecule has 2 N–H and O–H groups in total. The van der Waals surface area contributed by atoms with Gasteiger partial charge in [-0.15, -0.1) is 10.2 Å². The van der Waals surface area contributed by atoms with Crippen molar-refractivity contribution in [2.45, 2.75) is 38.2 Å². The van der Waals surface area contributed by atoms with Crippen molar-refractivity contribution in [2.24, 2.45) is 5.92 Å². The second kappa shape index (κ2) is 10.6. The van der Waals surface area contributed by atoms with Gasteiger partial charge in [-0.2, -0.15) is 13.2 Å². The maximum atomic E-state index is 13.1. The van der Waals surface area contributed by atoms with Crippen LogP contribution in [0.4, 0.5) is 13.2 Å². The van der Waals surface area contributed by atoms with Crippen molar-refractivity contribution in [3.63, 3.8) is 0 Å². The number of aromatic nitrogens is 7. The lowest BCUT2D eigenvalue weighted by molar-refractivity contribution is -0.207. The number of hydrogen-bond acceptors (Lipinski definition) is 7. The molecule has 1 atom stereocenters. The predicted octanol–water partition coefficient (Wildman–Crippen LogP) is 2.45. The number of aliphatic hydroxyl groups excluding tert-OH is 1. The first-order chi connectivity index (χ1) is 18.6. The highest BCUT2D eigenvalue weighted by Gasteiger charge is 2.39. The van der Waals surface area contributed by atoms with Gasteiger partial charge in [-0.25, -0.2) is 24.1 Å². The number of halogens is 4. The standard InChI is InChI=1S/C24H22ClF3N8O3/c25-16-7-5-15(6-8-16)20-33-35(23(39)34(20)11-18(37)24(26,27)28)12-19-31-13-36(32-19)21-17(2-1-9-29-21)22(38)30-10-14-3-4-14/h1-2,5-9,13-14,18,37H,3-4,10-12H2,(H,30,38). The Kier molecular flexibility index (Phi) is 7.23. The Morgan fingerprint density at radius 3 is 2.59 bits per heavy atom. The van der Waals surface area contributed by atoms with Gasteiger partial charge in [0.1, 0.15) is 12.9 Å². The highest BCUT2D eigenvalue weighted by molar-refractivity contribution is 6.30. The molecule has 1 saturated carbocycles. The van der Waals surface area contributed by atoms with E-state index in [1.807, 2.05) is 0 Å². The molecule has 0 aliphatic heterocycles. The largest absolute Gasteiger partial charge is 0.416 e. The number of aliphatic hydroxyl groups is 1. The topological polar surface area (TPSA) is 133 Å². The normalized spacial score (nSPS) is 14.4. The van der Waals surface area contributed by atoms with Crippen molar-refractivity contribution in [3.8, 4) is 17.2 Å². The summed E-state index contributed by atoms with van der Waals surface area (Å²) in [5, 5.41) is 21.4. The van der Waals surface area contributed by atoms with E-state index in [0.717, 1.165) is 22.1 Å². The molecule has 1 amide bonds. The zero-order valence-corrected chi connectivity index (χ0v) is 21.0. The summed E-state index contributed by atoms with van der Waals surface area (Å²) in [6, 6.07) is 9.21. The molecular formula is C24H22ClF3N8O3. The molecule has 1 aromatic carbocycles. The van der Waals surface area contributed by atoms with Crippen LogP contribution in [0, 0.1) is 5.92 Å². The van der Waals surface area contributed by atoms with Gasteiger partial charge in [0.15, 0.2) is 23.6 Å². The lowest BCUT2D eigenvalue weighted by atomic mass is 10.2. The molecule has 15 heteroatoms. The molecule has 4 aromatic rings. The molecule has 1 aliphatic carbocycles. The minimum absolute atomic E-state index is 0.0933. The van der Waals surface area contributed by atoms with Crippen molar-refractivity contribution in [1.82, 2.24) is 39.4 Å². The van der Waals surface area contributed by atoms with Gasteiger partial charge in [-0.05, 0) is 55.2 Å². The summed E-state index contributed by atoms with van der Waals surface area (Å²) in [4.78, 5) is 34.2. The van der Waals surface area contributed by atoms with E-state index in [2.05, 4.69) is 25.5 Å². The third-order valence-electron chi connectivity index (χ3n) is 6.09. The van der Waals surface area contributed by atoms with Crippen molar-refractivity contribution in [2.75, 3.05) is 6.54 Å². The second-order valence-corrected chi connectivity index (χ2v) is 9.51. The number of carbonyl (C=O) groups excluding carboxylic acids is 1. The molecule has 3 heterocycles. The molecule has 204 valence electrons. The van der Waals surface area contributed by atoms with Crippen LogP contribution in [-0.4, -0.2) is 63.9 Å². The monoisotopic (exact) mass is 562 g/mol. The lowest BCUT2D eigenvalue weighted by Crippen LogP contribution is -2.37. The Balaban J connectivity index is 1.43. The molecule has 0 spiro atoms. The molecule has 11 nitrogen and oxygen atoms in total. The predicted molar refractivity (Wildman–Crippen MR) is 132 cm³/mol. The maximum absolute atomic E-state index is 13.1. The van der Waals surface area contributed by atoms with Crippen molar-refractivity contribution in [1.29, 1.82) is 0 Å². The fourth-order valence-corrected chi connectivity index (χ4v) is 3.94. The number of pyridine rings is 1. The molecule has 1 fully saturated rings. The Morgan fingerprint density at radius 1 is 1.15 bits per heavy atom. The molecule has 5 rings (SSSR count). The first-order valence-electron chi connectivity index (χ1n) is 11.9. The highest BCUT2D eigenvalue weighted by Crippen LogP contribution is 2.28. The molecule has 39 heavy (non-hydrogen) atoms. The van der Waals surface area contributed by atoms with E-state index in [-0.39, 0.29) is 35.5 Å². The third kappa shape index (κ3) is 6.01. The molecular weight excluding hydrogens is 541 g/mol. The lowest BCUT2D eigenvalue weighted by Gasteiger charge is -2.15. The highest BCUT2D eigenvalue weighted by atomic mass is 35.5. The van der Waals surface area contributed by atoms with E-state index in [9.17, 15) is 27.9 Å². The minimum atomic E-state index is -4.94. The van der Waals surface area contributed by atoms with Gasteiger partial charge >= 0.3 is 11.9 Å². The zero-order valence-electron chi connectivity index (χ0n) is 20.2. The fraction of sp³-hybridized carbons (Fsp3) is 0.333. The summed E-state index contributed by atoms with van der Waals surface area (Å²) >= 11 is 5.91. The van der Waals surface area contributed by atoms with Crippen molar-refractivity contribution in [3.05, 3.63) is 75.8 Å². The van der Waals surface area contributed by atoms with E-state index >= 15 is 0 Å². The van der Waals surface area contributed by atoms with Gasteiger partial charge < -0.3 is 10.4 Å². The summed E-state index contributed by atoms with van der Waals surface area (Å²) in [7, 11) is 0. The number of amides is 1. The van der Waals surface area contributed by atoms with Crippen LogP contribution in [-0.2, 0) is 13.1 Å². The van der Waals surface area contributed by atoms with Crippen LogP contribution >= 0.6 is 11.6 Å². The fourth-order valence-electron chi connectivity index (χ4n) is 3.81. The van der Waals surface area contributed by atoms with Gasteiger partial charge in [0.05, 0.1) is 12.1 Å². The number of benzene rings is 1. The van der Waals surface area contributed by atoms with Crippen LogP contribution in [0.1, 0.15) is 29.0 Å². The summed E-state index contributed by atoms with van der Waals surface area (Å²) in [5.41, 5.74) is -0.307. The maximum Gasteiger partial charge on any atom is 0.416 e. The smallest absolute Gasteiger partial charge is 0.382 e. The van der Waals surface area contributed by atoms with Crippen molar-refractivity contribution >= 4 is 17.5 Å². The number of hydrogen-bond donors (Lipinski definition) is 2. The quantitative estimate of drug-likeness (QED) is 0.320. The third-order valence-corrected chi connectivity index (χ3v) is 6.34. The average Bonchev–Trinajstić information content (AvgIpc) is 3.55. The summed E-state index contributed by atoms with van der Waals surface area (Å²) < 4.78 is 42.2. The van der Waals surface area contributed by atoms with E-state index in [1.54, 1.807) is 12.1 Å². The first-order valence-corrected chi connectivity index (χ1v) is 12.3. The van der Waals surface area contributed by atoms with Gasteiger partial charge in [-0.1, -0.05) is 11.6 Å². The van der Waals surface area contributed by atoms with Crippen LogP contribution in [0.2, 0.25) is 5.02 Å². The van der Waals surface area contributed by atoms with Crippen LogP contribution in [0.25, 0.3) is 17.2 Å². The van der Waals surface area contributed by atoms with Gasteiger partial charge in [0.2, 0.25) is 0 Å². The Morgan fingerprint density at radius 2 is 1.90 bits per heavy atom. The summed E-state index contributed by atoms with van der Waals surface area (Å²) in [6.45, 7) is -0.784. The molecule has 0 saturated heterocycles. The number of nitrogens with zero attached hydrogens (tertiary/aromatic N) is 7. The van der Waals surface area contributed by atoms with Crippen LogP contribution < -0.4 is 11.0 Å².